The number of nitriles is 1. The average Bonchev–Trinajstić information content (AvgIpc) is 2.19. The van der Waals surface area contributed by atoms with Crippen molar-refractivity contribution in [2.24, 2.45) is 0 Å². The minimum Gasteiger partial charge on any atom is -0.867 e. The predicted octanol–water partition coefficient (Wildman–Crippen LogP) is -3.75. The normalized spacial score (nSPS) is 10.3. The second kappa shape index (κ2) is 9.21. The molecule has 0 fully saturated rings. The standard InChI is InChI=1S/C9H11NO5.Na/c1-3-14-8(12)6(5-10)7(11)9(13)15-4-2;/h11H,3-4H2,1-2H3;/q;+1/p-1. The Balaban J connectivity index is 0. The first-order valence-electron chi connectivity index (χ1n) is 4.24. The van der Waals surface area contributed by atoms with E-state index in [9.17, 15) is 14.7 Å². The fourth-order valence-electron chi connectivity index (χ4n) is 0.691. The van der Waals surface area contributed by atoms with Crippen molar-refractivity contribution in [3.63, 3.8) is 0 Å². The van der Waals surface area contributed by atoms with E-state index in [2.05, 4.69) is 9.47 Å². The summed E-state index contributed by atoms with van der Waals surface area (Å²) in [5.74, 6) is -3.63. The maximum atomic E-state index is 11.1. The molecule has 0 aromatic rings. The van der Waals surface area contributed by atoms with Gasteiger partial charge in [-0.15, -0.1) is 0 Å². The van der Waals surface area contributed by atoms with Gasteiger partial charge in [0, 0.05) is 5.76 Å². The van der Waals surface area contributed by atoms with Gasteiger partial charge in [-0.1, -0.05) is 0 Å². The Hall–Kier alpha value is -1.03. The molecule has 0 amide bonds. The number of nitrogens with zero attached hydrogens (tertiary/aromatic N) is 1. The Kier molecular flexibility index (Phi) is 10.0. The monoisotopic (exact) mass is 235 g/mol. The van der Waals surface area contributed by atoms with Crippen LogP contribution in [0.4, 0.5) is 0 Å². The van der Waals surface area contributed by atoms with Crippen LogP contribution in [0.5, 0.6) is 0 Å². The third-order valence-electron chi connectivity index (χ3n) is 1.28. The number of hydrogen-bond acceptors (Lipinski definition) is 6. The van der Waals surface area contributed by atoms with Crippen LogP contribution in [0, 0.1) is 11.3 Å². The van der Waals surface area contributed by atoms with Gasteiger partial charge in [0.15, 0.2) is 0 Å². The van der Waals surface area contributed by atoms with E-state index >= 15 is 0 Å². The summed E-state index contributed by atoms with van der Waals surface area (Å²) in [5, 5.41) is 19.6. The molecule has 0 bridgehead atoms. The molecule has 0 aliphatic heterocycles. The fourth-order valence-corrected chi connectivity index (χ4v) is 0.691. The molecule has 0 saturated carbocycles. The summed E-state index contributed by atoms with van der Waals surface area (Å²) < 4.78 is 8.76. The molecule has 0 aliphatic carbocycles. The van der Waals surface area contributed by atoms with Crippen LogP contribution < -0.4 is 34.7 Å². The summed E-state index contributed by atoms with van der Waals surface area (Å²) in [5.41, 5.74) is -0.865. The predicted molar refractivity (Wildman–Crippen MR) is 45.9 cm³/mol. The van der Waals surface area contributed by atoms with Crippen molar-refractivity contribution in [3.8, 4) is 6.07 Å². The van der Waals surface area contributed by atoms with Crippen molar-refractivity contribution < 1.29 is 53.7 Å². The zero-order chi connectivity index (χ0) is 11.8. The van der Waals surface area contributed by atoms with Gasteiger partial charge in [-0.3, -0.25) is 0 Å². The quantitative estimate of drug-likeness (QED) is 0.163. The fraction of sp³-hybridized carbons (Fsp3) is 0.444. The first-order chi connectivity index (χ1) is 7.08. The Labute approximate surface area is 115 Å². The Morgan fingerprint density at radius 3 is 2.00 bits per heavy atom. The first-order valence-corrected chi connectivity index (χ1v) is 4.24. The van der Waals surface area contributed by atoms with Gasteiger partial charge in [-0.2, -0.15) is 5.26 Å². The molecular formula is C9H10NNaO5. The Morgan fingerprint density at radius 1 is 1.19 bits per heavy atom. The summed E-state index contributed by atoms with van der Waals surface area (Å²) in [6, 6.07) is 1.32. The molecule has 0 heterocycles. The minimum absolute atomic E-state index is 0. The van der Waals surface area contributed by atoms with Crippen LogP contribution in [0.15, 0.2) is 11.3 Å². The number of carbonyl (C=O) groups is 2. The average molecular weight is 235 g/mol. The molecule has 0 radical (unpaired) electrons. The molecule has 0 spiro atoms. The van der Waals surface area contributed by atoms with E-state index in [0.717, 1.165) is 0 Å². The molecule has 0 unspecified atom stereocenters. The molecule has 0 N–H and O–H groups in total. The molecule has 82 valence electrons. The molecule has 0 aromatic carbocycles. The smallest absolute Gasteiger partial charge is 0.867 e. The van der Waals surface area contributed by atoms with Crippen LogP contribution in [0.2, 0.25) is 0 Å². The van der Waals surface area contributed by atoms with Crippen LogP contribution in [0.25, 0.3) is 0 Å². The van der Waals surface area contributed by atoms with Gasteiger partial charge in [-0.05, 0) is 13.8 Å². The molecule has 16 heavy (non-hydrogen) atoms. The van der Waals surface area contributed by atoms with E-state index in [-0.39, 0.29) is 42.8 Å². The second-order valence-electron chi connectivity index (χ2n) is 2.26. The third kappa shape index (κ3) is 5.16. The summed E-state index contributed by atoms with van der Waals surface area (Å²) >= 11 is 0. The molecule has 0 atom stereocenters. The number of ether oxygens (including phenoxy) is 2. The summed E-state index contributed by atoms with van der Waals surface area (Å²) in [7, 11) is 0. The zero-order valence-corrected chi connectivity index (χ0v) is 11.4. The summed E-state index contributed by atoms with van der Waals surface area (Å²) in [6.45, 7) is 3.02. The van der Waals surface area contributed by atoms with E-state index in [1.54, 1.807) is 0 Å². The van der Waals surface area contributed by atoms with Crippen molar-refractivity contribution in [2.45, 2.75) is 13.8 Å². The maximum absolute atomic E-state index is 11.1. The molecule has 0 saturated heterocycles. The Bertz CT molecular complexity index is 331. The number of carbonyl (C=O) groups excluding carboxylic acids is 2. The van der Waals surface area contributed by atoms with E-state index in [1.807, 2.05) is 0 Å². The van der Waals surface area contributed by atoms with Gasteiger partial charge < -0.3 is 14.6 Å². The van der Waals surface area contributed by atoms with Crippen molar-refractivity contribution in [1.29, 1.82) is 5.26 Å². The summed E-state index contributed by atoms with van der Waals surface area (Å²) in [6.07, 6.45) is 0. The van der Waals surface area contributed by atoms with Crippen molar-refractivity contribution >= 4 is 11.9 Å². The molecule has 7 heteroatoms. The Morgan fingerprint density at radius 2 is 1.62 bits per heavy atom. The van der Waals surface area contributed by atoms with E-state index in [0.29, 0.717) is 0 Å². The van der Waals surface area contributed by atoms with Crippen LogP contribution in [0.3, 0.4) is 0 Å². The van der Waals surface area contributed by atoms with Crippen LogP contribution in [-0.2, 0) is 19.1 Å². The van der Waals surface area contributed by atoms with Gasteiger partial charge >= 0.3 is 41.5 Å². The van der Waals surface area contributed by atoms with E-state index < -0.39 is 23.3 Å². The van der Waals surface area contributed by atoms with Crippen LogP contribution in [0.1, 0.15) is 13.8 Å². The van der Waals surface area contributed by atoms with Gasteiger partial charge in [0.2, 0.25) is 0 Å². The molecule has 6 nitrogen and oxygen atoms in total. The van der Waals surface area contributed by atoms with Crippen LogP contribution in [-0.4, -0.2) is 25.2 Å². The van der Waals surface area contributed by atoms with Crippen molar-refractivity contribution in [1.82, 2.24) is 0 Å². The largest absolute Gasteiger partial charge is 1.00 e. The van der Waals surface area contributed by atoms with E-state index in [4.69, 9.17) is 5.26 Å². The van der Waals surface area contributed by atoms with Gasteiger partial charge in [0.25, 0.3) is 0 Å². The summed E-state index contributed by atoms with van der Waals surface area (Å²) in [4.78, 5) is 21.9. The van der Waals surface area contributed by atoms with Gasteiger partial charge in [0.05, 0.1) is 13.2 Å². The van der Waals surface area contributed by atoms with Gasteiger partial charge in [-0.25, -0.2) is 9.59 Å². The zero-order valence-electron chi connectivity index (χ0n) is 9.40. The number of hydrogen-bond donors (Lipinski definition) is 0. The van der Waals surface area contributed by atoms with Crippen molar-refractivity contribution in [2.75, 3.05) is 13.2 Å². The van der Waals surface area contributed by atoms with Gasteiger partial charge in [0.1, 0.15) is 11.6 Å². The molecule has 0 aliphatic rings. The minimum atomic E-state index is -1.28. The maximum Gasteiger partial charge on any atom is 1.00 e. The second-order valence-corrected chi connectivity index (χ2v) is 2.26. The SMILES string of the molecule is CCOC(=O)C([O-])=C(C#N)C(=O)OCC.[Na+]. The molecule has 0 aromatic heterocycles. The molecule has 0 rings (SSSR count). The number of rotatable bonds is 4. The van der Waals surface area contributed by atoms with Crippen LogP contribution >= 0.6 is 0 Å². The van der Waals surface area contributed by atoms with Crippen molar-refractivity contribution in [3.05, 3.63) is 11.3 Å². The topological polar surface area (TPSA) is 99.5 Å². The molecular weight excluding hydrogens is 225 g/mol. The first kappa shape index (κ1) is 17.4. The van der Waals surface area contributed by atoms with E-state index in [1.165, 1.54) is 19.9 Å². The number of esters is 2. The third-order valence-corrected chi connectivity index (χ3v) is 1.28.